The largest absolute Gasteiger partial charge is 0.491 e. The summed E-state index contributed by atoms with van der Waals surface area (Å²) in [4.78, 5) is 4.61. The van der Waals surface area contributed by atoms with Crippen molar-refractivity contribution in [2.75, 3.05) is 6.61 Å². The molecule has 0 saturated heterocycles. The van der Waals surface area contributed by atoms with Crippen LogP contribution in [0.4, 0.5) is 0 Å². The van der Waals surface area contributed by atoms with Gasteiger partial charge in [0, 0.05) is 19.7 Å². The van der Waals surface area contributed by atoms with Gasteiger partial charge in [0.25, 0.3) is 0 Å². The van der Waals surface area contributed by atoms with Gasteiger partial charge < -0.3 is 4.74 Å². The third-order valence-corrected chi connectivity index (χ3v) is 5.75. The molecular formula is C14H10Cl2OS2. The smallest absolute Gasteiger partial charge is 0.152 e. The molecule has 2 aromatic rings. The molecule has 3 rings (SSSR count). The van der Waals surface area contributed by atoms with E-state index in [4.69, 9.17) is 27.9 Å². The monoisotopic (exact) mass is 328 g/mol. The van der Waals surface area contributed by atoms with Crippen molar-refractivity contribution < 1.29 is 4.74 Å². The lowest BCUT2D eigenvalue weighted by molar-refractivity contribution is 0.331. The molecule has 0 unspecified atom stereocenters. The van der Waals surface area contributed by atoms with Crippen LogP contribution in [0.1, 0.15) is 6.92 Å². The van der Waals surface area contributed by atoms with Crippen LogP contribution in [0.15, 0.2) is 49.9 Å². The van der Waals surface area contributed by atoms with E-state index in [1.54, 1.807) is 23.5 Å². The first-order valence-corrected chi connectivity index (χ1v) is 8.18. The molecule has 0 atom stereocenters. The Morgan fingerprint density at radius 2 is 1.79 bits per heavy atom. The topological polar surface area (TPSA) is 9.23 Å². The molecule has 1 nitrogen and oxygen atoms in total. The first kappa shape index (κ1) is 13.5. The second kappa shape index (κ2) is 5.49. The van der Waals surface area contributed by atoms with Crippen molar-refractivity contribution >= 4 is 46.7 Å². The van der Waals surface area contributed by atoms with Crippen LogP contribution < -0.4 is 4.74 Å². The van der Waals surface area contributed by atoms with E-state index in [1.807, 2.05) is 37.3 Å². The lowest BCUT2D eigenvalue weighted by atomic mass is 10.3. The maximum atomic E-state index is 6.22. The van der Waals surface area contributed by atoms with Crippen molar-refractivity contribution in [1.82, 2.24) is 0 Å². The van der Waals surface area contributed by atoms with Crippen LogP contribution in [0.3, 0.4) is 0 Å². The quantitative estimate of drug-likeness (QED) is 0.570. The number of hydrogen-bond donors (Lipinski definition) is 0. The Bertz CT molecular complexity index is 644. The van der Waals surface area contributed by atoms with Crippen molar-refractivity contribution in [3.05, 3.63) is 40.4 Å². The minimum absolute atomic E-state index is 0.606. The average molecular weight is 329 g/mol. The molecule has 0 spiro atoms. The average Bonchev–Trinajstić information content (AvgIpc) is 2.40. The molecule has 0 bridgehead atoms. The number of hydrogen-bond acceptors (Lipinski definition) is 3. The Balaban J connectivity index is 2.09. The van der Waals surface area contributed by atoms with Crippen molar-refractivity contribution in [2.24, 2.45) is 0 Å². The summed E-state index contributed by atoms with van der Waals surface area (Å²) in [5.41, 5.74) is 0. The van der Waals surface area contributed by atoms with Gasteiger partial charge in [0.15, 0.2) is 5.75 Å². The van der Waals surface area contributed by atoms with Crippen LogP contribution in [-0.4, -0.2) is 6.61 Å². The lowest BCUT2D eigenvalue weighted by Crippen LogP contribution is -1.98. The first-order valence-electron chi connectivity index (χ1n) is 5.79. The molecule has 1 aliphatic rings. The van der Waals surface area contributed by atoms with Crippen molar-refractivity contribution in [3.8, 4) is 5.75 Å². The summed E-state index contributed by atoms with van der Waals surface area (Å²) in [5, 5.41) is 1.42. The molecule has 0 aliphatic carbocycles. The number of fused-ring (bicyclic) bond motifs is 2. The van der Waals surface area contributed by atoms with E-state index in [0.29, 0.717) is 11.6 Å². The fourth-order valence-corrected chi connectivity index (χ4v) is 4.71. The summed E-state index contributed by atoms with van der Waals surface area (Å²) in [7, 11) is 0. The highest BCUT2D eigenvalue weighted by molar-refractivity contribution is 8.05. The number of rotatable bonds is 2. The van der Waals surface area contributed by atoms with Gasteiger partial charge in [0.1, 0.15) is 0 Å². The highest BCUT2D eigenvalue weighted by atomic mass is 35.5. The van der Waals surface area contributed by atoms with Crippen molar-refractivity contribution in [3.63, 3.8) is 0 Å². The van der Waals surface area contributed by atoms with Crippen LogP contribution in [0.5, 0.6) is 5.75 Å². The van der Waals surface area contributed by atoms with Crippen LogP contribution in [0.25, 0.3) is 0 Å². The Morgan fingerprint density at radius 1 is 1.00 bits per heavy atom. The summed E-state index contributed by atoms with van der Waals surface area (Å²) in [6.45, 7) is 2.57. The van der Waals surface area contributed by atoms with Gasteiger partial charge in [0.2, 0.25) is 0 Å². The maximum Gasteiger partial charge on any atom is 0.152 e. The maximum absolute atomic E-state index is 6.22. The first-order chi connectivity index (χ1) is 9.19. The molecule has 98 valence electrons. The van der Waals surface area contributed by atoms with Gasteiger partial charge in [-0.2, -0.15) is 0 Å². The van der Waals surface area contributed by atoms with Gasteiger partial charge in [0.05, 0.1) is 16.5 Å². The minimum Gasteiger partial charge on any atom is -0.491 e. The van der Waals surface area contributed by atoms with E-state index in [9.17, 15) is 0 Å². The van der Waals surface area contributed by atoms with Gasteiger partial charge in [-0.15, -0.1) is 0 Å². The van der Waals surface area contributed by atoms with Crippen LogP contribution in [0.2, 0.25) is 10.0 Å². The molecular weight excluding hydrogens is 319 g/mol. The van der Waals surface area contributed by atoms with E-state index in [0.717, 1.165) is 20.6 Å². The molecule has 19 heavy (non-hydrogen) atoms. The van der Waals surface area contributed by atoms with Crippen LogP contribution in [-0.2, 0) is 0 Å². The number of ether oxygens (including phenoxy) is 1. The predicted molar refractivity (Wildman–Crippen MR) is 82.3 cm³/mol. The Labute approximate surface area is 130 Å². The van der Waals surface area contributed by atoms with E-state index in [2.05, 4.69) is 0 Å². The molecule has 0 amide bonds. The Kier molecular flexibility index (Phi) is 3.90. The molecule has 2 aromatic carbocycles. The normalized spacial score (nSPS) is 12.8. The molecule has 0 saturated carbocycles. The zero-order chi connectivity index (χ0) is 13.4. The third kappa shape index (κ3) is 2.57. The molecule has 0 radical (unpaired) electrons. The Hall–Kier alpha value is -0.480. The molecule has 1 aliphatic heterocycles. The zero-order valence-electron chi connectivity index (χ0n) is 10.1. The summed E-state index contributed by atoms with van der Waals surface area (Å²) >= 11 is 15.6. The second-order valence-electron chi connectivity index (χ2n) is 3.93. The van der Waals surface area contributed by atoms with Gasteiger partial charge in [-0.25, -0.2) is 0 Å². The summed E-state index contributed by atoms with van der Waals surface area (Å²) in [6.07, 6.45) is 0. The molecule has 0 fully saturated rings. The fraction of sp³-hybridized carbons (Fsp3) is 0.143. The highest BCUT2D eigenvalue weighted by Gasteiger charge is 2.22. The molecule has 5 heteroatoms. The number of halogens is 2. The standard InChI is InChI=1S/C14H10Cl2OS2/c1-2-17-13-9(16)4-6-11-14(13)19-10-5-3-8(15)7-12(10)18-11/h3-7H,2H2,1H3. The molecule has 1 heterocycles. The van der Waals surface area contributed by atoms with Gasteiger partial charge in [-0.1, -0.05) is 46.7 Å². The SMILES string of the molecule is CCOc1c(Cl)ccc2c1Sc1ccc(Cl)cc1S2. The highest BCUT2D eigenvalue weighted by Crippen LogP contribution is 2.53. The van der Waals surface area contributed by atoms with E-state index >= 15 is 0 Å². The van der Waals surface area contributed by atoms with Crippen LogP contribution in [0, 0.1) is 0 Å². The zero-order valence-corrected chi connectivity index (χ0v) is 13.2. The molecule has 0 aromatic heterocycles. The predicted octanol–water partition coefficient (Wildman–Crippen LogP) is 6.01. The minimum atomic E-state index is 0.606. The second-order valence-corrected chi connectivity index (χ2v) is 6.91. The summed E-state index contributed by atoms with van der Waals surface area (Å²) in [5.74, 6) is 0.778. The van der Waals surface area contributed by atoms with Gasteiger partial charge in [-0.3, -0.25) is 0 Å². The Morgan fingerprint density at radius 3 is 2.58 bits per heavy atom. The molecule has 0 N–H and O–H groups in total. The van der Waals surface area contributed by atoms with E-state index in [1.165, 1.54) is 9.79 Å². The van der Waals surface area contributed by atoms with E-state index < -0.39 is 0 Å². The fourth-order valence-electron chi connectivity index (χ4n) is 1.85. The van der Waals surface area contributed by atoms with Gasteiger partial charge in [-0.05, 0) is 37.3 Å². The summed E-state index contributed by atoms with van der Waals surface area (Å²) in [6, 6.07) is 9.85. The van der Waals surface area contributed by atoms with Crippen LogP contribution >= 0.6 is 46.7 Å². The number of benzene rings is 2. The van der Waals surface area contributed by atoms with E-state index in [-0.39, 0.29) is 0 Å². The lowest BCUT2D eigenvalue weighted by Gasteiger charge is -2.21. The summed E-state index contributed by atoms with van der Waals surface area (Å²) < 4.78 is 5.68. The van der Waals surface area contributed by atoms with Gasteiger partial charge >= 0.3 is 0 Å². The third-order valence-electron chi connectivity index (χ3n) is 2.65. The van der Waals surface area contributed by atoms with Crippen molar-refractivity contribution in [1.29, 1.82) is 0 Å². The van der Waals surface area contributed by atoms with Crippen molar-refractivity contribution in [2.45, 2.75) is 26.5 Å².